The maximum absolute atomic E-state index is 13.3. The van der Waals surface area contributed by atoms with E-state index in [4.69, 9.17) is 5.73 Å². The van der Waals surface area contributed by atoms with Crippen molar-refractivity contribution >= 4 is 5.69 Å². The zero-order valence-corrected chi connectivity index (χ0v) is 10.2. The van der Waals surface area contributed by atoms with Gasteiger partial charge in [-0.05, 0) is 42.5 Å². The molecule has 0 saturated heterocycles. The van der Waals surface area contributed by atoms with Crippen molar-refractivity contribution in [3.63, 3.8) is 0 Å². The topological polar surface area (TPSA) is 29.3 Å². The molecule has 1 aromatic rings. The van der Waals surface area contributed by atoms with Crippen molar-refractivity contribution in [3.8, 4) is 0 Å². The molecular weight excluding hydrogens is 215 g/mol. The van der Waals surface area contributed by atoms with Crippen molar-refractivity contribution < 1.29 is 4.39 Å². The molecule has 1 aliphatic carbocycles. The van der Waals surface area contributed by atoms with Crippen molar-refractivity contribution in [3.05, 3.63) is 29.6 Å². The number of fused-ring (bicyclic) bond motifs is 2. The van der Waals surface area contributed by atoms with Gasteiger partial charge in [-0.1, -0.05) is 12.8 Å². The maximum Gasteiger partial charge on any atom is 0.123 e. The molecule has 3 atom stereocenters. The van der Waals surface area contributed by atoms with E-state index in [1.54, 1.807) is 6.07 Å². The summed E-state index contributed by atoms with van der Waals surface area (Å²) >= 11 is 0. The SMILES string of the molecule is CN1c2ccc(F)cc2C(N)C2CCCCC21. The average molecular weight is 234 g/mol. The number of nitrogens with two attached hydrogens (primary N) is 1. The monoisotopic (exact) mass is 234 g/mol. The Balaban J connectivity index is 2.07. The summed E-state index contributed by atoms with van der Waals surface area (Å²) < 4.78 is 13.3. The minimum absolute atomic E-state index is 0.00204. The summed E-state index contributed by atoms with van der Waals surface area (Å²) in [4.78, 5) is 2.31. The second kappa shape index (κ2) is 3.98. The number of rotatable bonds is 0. The third kappa shape index (κ3) is 1.64. The van der Waals surface area contributed by atoms with Gasteiger partial charge in [-0.15, -0.1) is 0 Å². The van der Waals surface area contributed by atoms with E-state index in [0.29, 0.717) is 12.0 Å². The number of nitrogens with zero attached hydrogens (tertiary/aromatic N) is 1. The summed E-state index contributed by atoms with van der Waals surface area (Å²) in [6.45, 7) is 0. The molecule has 0 amide bonds. The van der Waals surface area contributed by atoms with Crippen LogP contribution in [0.3, 0.4) is 0 Å². The molecule has 2 N–H and O–H groups in total. The van der Waals surface area contributed by atoms with Gasteiger partial charge in [0.2, 0.25) is 0 Å². The van der Waals surface area contributed by atoms with Gasteiger partial charge < -0.3 is 10.6 Å². The lowest BCUT2D eigenvalue weighted by molar-refractivity contribution is 0.246. The van der Waals surface area contributed by atoms with Crippen LogP contribution in [0.15, 0.2) is 18.2 Å². The molecule has 2 aliphatic rings. The fourth-order valence-corrected chi connectivity index (χ4v) is 3.56. The predicted molar refractivity (Wildman–Crippen MR) is 67.5 cm³/mol. The highest BCUT2D eigenvalue weighted by Crippen LogP contribution is 2.44. The van der Waals surface area contributed by atoms with Crippen LogP contribution in [-0.2, 0) is 0 Å². The fraction of sp³-hybridized carbons (Fsp3) is 0.571. The van der Waals surface area contributed by atoms with Crippen LogP contribution in [0.4, 0.5) is 10.1 Å². The Kier molecular flexibility index (Phi) is 2.58. The Hall–Kier alpha value is -1.09. The van der Waals surface area contributed by atoms with Gasteiger partial charge in [0.15, 0.2) is 0 Å². The first-order valence-corrected chi connectivity index (χ1v) is 6.46. The number of halogens is 1. The van der Waals surface area contributed by atoms with Gasteiger partial charge in [-0.3, -0.25) is 0 Å². The molecule has 1 saturated carbocycles. The molecular formula is C14H19FN2. The quantitative estimate of drug-likeness (QED) is 0.748. The summed E-state index contributed by atoms with van der Waals surface area (Å²) in [5, 5.41) is 0. The van der Waals surface area contributed by atoms with Crippen LogP contribution in [0.25, 0.3) is 0 Å². The molecule has 1 aliphatic heterocycles. The van der Waals surface area contributed by atoms with Crippen molar-refractivity contribution in [2.24, 2.45) is 11.7 Å². The highest BCUT2D eigenvalue weighted by molar-refractivity contribution is 5.58. The highest BCUT2D eigenvalue weighted by Gasteiger charge is 2.39. The molecule has 0 radical (unpaired) electrons. The lowest BCUT2D eigenvalue weighted by Crippen LogP contribution is -2.48. The van der Waals surface area contributed by atoms with Gasteiger partial charge in [-0.25, -0.2) is 4.39 Å². The number of benzene rings is 1. The molecule has 1 aromatic carbocycles. The first-order valence-electron chi connectivity index (χ1n) is 6.46. The highest BCUT2D eigenvalue weighted by atomic mass is 19.1. The Morgan fingerprint density at radius 3 is 2.88 bits per heavy atom. The van der Waals surface area contributed by atoms with Crippen LogP contribution in [0, 0.1) is 11.7 Å². The van der Waals surface area contributed by atoms with E-state index in [2.05, 4.69) is 11.9 Å². The van der Waals surface area contributed by atoms with E-state index in [-0.39, 0.29) is 11.9 Å². The minimum Gasteiger partial charge on any atom is -0.371 e. The third-order valence-electron chi connectivity index (χ3n) is 4.47. The van der Waals surface area contributed by atoms with Gasteiger partial charge in [0, 0.05) is 24.8 Å². The summed E-state index contributed by atoms with van der Waals surface area (Å²) in [7, 11) is 2.12. The standard InChI is InChI=1S/C14H19FN2/c1-17-12-5-3-2-4-10(12)14(16)11-8-9(15)6-7-13(11)17/h6-8,10,12,14H,2-5,16H2,1H3. The van der Waals surface area contributed by atoms with Crippen LogP contribution in [0.1, 0.15) is 37.3 Å². The zero-order chi connectivity index (χ0) is 12.0. The van der Waals surface area contributed by atoms with Gasteiger partial charge >= 0.3 is 0 Å². The van der Waals surface area contributed by atoms with Crippen LogP contribution < -0.4 is 10.6 Å². The van der Waals surface area contributed by atoms with Gasteiger partial charge in [0.25, 0.3) is 0 Å². The minimum atomic E-state index is -0.179. The molecule has 17 heavy (non-hydrogen) atoms. The second-order valence-electron chi connectivity index (χ2n) is 5.36. The second-order valence-corrected chi connectivity index (χ2v) is 5.36. The van der Waals surface area contributed by atoms with Gasteiger partial charge in [0.1, 0.15) is 5.82 Å². The molecule has 3 rings (SSSR count). The molecule has 0 bridgehead atoms. The molecule has 0 spiro atoms. The third-order valence-corrected chi connectivity index (χ3v) is 4.47. The molecule has 92 valence electrons. The molecule has 1 heterocycles. The summed E-state index contributed by atoms with van der Waals surface area (Å²) in [5.41, 5.74) is 8.43. The van der Waals surface area contributed by atoms with E-state index in [1.165, 1.54) is 31.7 Å². The summed E-state index contributed by atoms with van der Waals surface area (Å²) in [6, 6.07) is 5.56. The number of anilines is 1. The molecule has 3 heteroatoms. The van der Waals surface area contributed by atoms with Crippen molar-refractivity contribution in [1.29, 1.82) is 0 Å². The van der Waals surface area contributed by atoms with E-state index < -0.39 is 0 Å². The van der Waals surface area contributed by atoms with E-state index in [9.17, 15) is 4.39 Å². The van der Waals surface area contributed by atoms with Crippen LogP contribution >= 0.6 is 0 Å². The van der Waals surface area contributed by atoms with Crippen LogP contribution in [0.5, 0.6) is 0 Å². The Labute approximate surface area is 102 Å². The fourth-order valence-electron chi connectivity index (χ4n) is 3.56. The smallest absolute Gasteiger partial charge is 0.123 e. The van der Waals surface area contributed by atoms with Crippen LogP contribution in [0.2, 0.25) is 0 Å². The van der Waals surface area contributed by atoms with Crippen LogP contribution in [-0.4, -0.2) is 13.1 Å². The van der Waals surface area contributed by atoms with Crippen molar-refractivity contribution in [2.45, 2.75) is 37.8 Å². The first kappa shape index (κ1) is 11.0. The maximum atomic E-state index is 13.3. The van der Waals surface area contributed by atoms with Gasteiger partial charge in [0.05, 0.1) is 0 Å². The lowest BCUT2D eigenvalue weighted by atomic mass is 9.74. The molecule has 1 fully saturated rings. The average Bonchev–Trinajstić information content (AvgIpc) is 2.36. The molecule has 2 nitrogen and oxygen atoms in total. The van der Waals surface area contributed by atoms with Gasteiger partial charge in [-0.2, -0.15) is 0 Å². The largest absolute Gasteiger partial charge is 0.371 e. The Morgan fingerprint density at radius 1 is 1.29 bits per heavy atom. The first-order chi connectivity index (χ1) is 8.18. The predicted octanol–water partition coefficient (Wildman–Crippen LogP) is 2.83. The normalized spacial score (nSPS) is 31.9. The summed E-state index contributed by atoms with van der Waals surface area (Å²) in [6.07, 6.45) is 4.93. The Bertz CT molecular complexity index is 432. The zero-order valence-electron chi connectivity index (χ0n) is 10.2. The van der Waals surface area contributed by atoms with E-state index in [1.807, 2.05) is 6.07 Å². The van der Waals surface area contributed by atoms with Crippen molar-refractivity contribution in [1.82, 2.24) is 0 Å². The van der Waals surface area contributed by atoms with E-state index >= 15 is 0 Å². The summed E-state index contributed by atoms with van der Waals surface area (Å²) in [5.74, 6) is 0.310. The number of hydrogen-bond donors (Lipinski definition) is 1. The lowest BCUT2D eigenvalue weighted by Gasteiger charge is -2.47. The Morgan fingerprint density at radius 2 is 2.06 bits per heavy atom. The van der Waals surface area contributed by atoms with Crippen molar-refractivity contribution in [2.75, 3.05) is 11.9 Å². The molecule has 0 aromatic heterocycles. The molecule has 3 unspecified atom stereocenters. The van der Waals surface area contributed by atoms with E-state index in [0.717, 1.165) is 11.3 Å². The number of hydrogen-bond acceptors (Lipinski definition) is 2.